The predicted molar refractivity (Wildman–Crippen MR) is 73.6 cm³/mol. The number of hydrogen-bond donors (Lipinski definition) is 0. The fraction of sp³-hybridized carbons (Fsp3) is 0.643. The Kier molecular flexibility index (Phi) is 4.51. The van der Waals surface area contributed by atoms with E-state index in [0.29, 0.717) is 19.0 Å². The van der Waals surface area contributed by atoms with Crippen LogP contribution in [-0.4, -0.2) is 62.1 Å². The Morgan fingerprint density at radius 3 is 2.32 bits per heavy atom. The van der Waals surface area contributed by atoms with Crippen molar-refractivity contribution in [3.63, 3.8) is 0 Å². The second-order valence-corrected chi connectivity index (χ2v) is 5.36. The summed E-state index contributed by atoms with van der Waals surface area (Å²) in [6, 6.07) is 2.51. The lowest BCUT2D eigenvalue weighted by molar-refractivity contribution is -0.137. The quantitative estimate of drug-likeness (QED) is 0.846. The zero-order chi connectivity index (χ0) is 15.6. The SMILES string of the molecule is FC(F)(F)c1ccc(N2CCN(CC3OCCO3)CC2)nc1. The molecule has 5 nitrogen and oxygen atoms in total. The van der Waals surface area contributed by atoms with E-state index in [2.05, 4.69) is 9.88 Å². The van der Waals surface area contributed by atoms with E-state index in [1.165, 1.54) is 6.07 Å². The zero-order valence-corrected chi connectivity index (χ0v) is 12.1. The summed E-state index contributed by atoms with van der Waals surface area (Å²) in [5.41, 5.74) is -0.717. The molecule has 3 heterocycles. The normalized spacial score (nSPS) is 21.5. The zero-order valence-electron chi connectivity index (χ0n) is 12.1. The van der Waals surface area contributed by atoms with Crippen LogP contribution in [0.5, 0.6) is 0 Å². The summed E-state index contributed by atoms with van der Waals surface area (Å²) >= 11 is 0. The molecule has 3 rings (SSSR count). The first-order valence-electron chi connectivity index (χ1n) is 7.26. The summed E-state index contributed by atoms with van der Waals surface area (Å²) in [6.07, 6.45) is -3.61. The van der Waals surface area contributed by atoms with E-state index in [9.17, 15) is 13.2 Å². The molecule has 2 fully saturated rings. The molecule has 8 heteroatoms. The lowest BCUT2D eigenvalue weighted by Crippen LogP contribution is -2.49. The van der Waals surface area contributed by atoms with E-state index < -0.39 is 11.7 Å². The van der Waals surface area contributed by atoms with Gasteiger partial charge in [-0.1, -0.05) is 0 Å². The van der Waals surface area contributed by atoms with Crippen molar-refractivity contribution in [1.29, 1.82) is 0 Å². The van der Waals surface area contributed by atoms with Crippen LogP contribution >= 0.6 is 0 Å². The van der Waals surface area contributed by atoms with E-state index >= 15 is 0 Å². The molecule has 0 spiro atoms. The van der Waals surface area contributed by atoms with Crippen molar-refractivity contribution in [2.75, 3.05) is 50.8 Å². The standard InChI is InChI=1S/C14H18F3N3O2/c15-14(16,17)11-1-2-12(18-9-11)20-5-3-19(4-6-20)10-13-21-7-8-22-13/h1-2,9,13H,3-8,10H2. The molecule has 2 saturated heterocycles. The maximum atomic E-state index is 12.5. The lowest BCUT2D eigenvalue weighted by Gasteiger charge is -2.36. The smallest absolute Gasteiger partial charge is 0.354 e. The minimum absolute atomic E-state index is 0.157. The van der Waals surface area contributed by atoms with E-state index in [4.69, 9.17) is 9.47 Å². The maximum Gasteiger partial charge on any atom is 0.417 e. The number of nitrogens with zero attached hydrogens (tertiary/aromatic N) is 3. The van der Waals surface area contributed by atoms with Gasteiger partial charge in [0.25, 0.3) is 0 Å². The van der Waals surface area contributed by atoms with Crippen LogP contribution in [0.2, 0.25) is 0 Å². The highest BCUT2D eigenvalue weighted by molar-refractivity contribution is 5.40. The average molecular weight is 317 g/mol. The summed E-state index contributed by atoms with van der Waals surface area (Å²) in [7, 11) is 0. The maximum absolute atomic E-state index is 12.5. The third kappa shape index (κ3) is 3.68. The number of hydrogen-bond acceptors (Lipinski definition) is 5. The van der Waals surface area contributed by atoms with E-state index in [1.807, 2.05) is 4.90 Å². The van der Waals surface area contributed by atoms with Gasteiger partial charge in [-0.15, -0.1) is 0 Å². The largest absolute Gasteiger partial charge is 0.417 e. The van der Waals surface area contributed by atoms with E-state index in [-0.39, 0.29) is 6.29 Å². The van der Waals surface area contributed by atoms with Gasteiger partial charge in [0.05, 0.1) is 18.8 Å². The fourth-order valence-corrected chi connectivity index (χ4v) is 2.62. The summed E-state index contributed by atoms with van der Waals surface area (Å²) in [6.45, 7) is 5.09. The van der Waals surface area contributed by atoms with Crippen molar-refractivity contribution < 1.29 is 22.6 Å². The molecule has 2 aliphatic rings. The topological polar surface area (TPSA) is 37.8 Å². The van der Waals surface area contributed by atoms with Crippen molar-refractivity contribution in [1.82, 2.24) is 9.88 Å². The number of halogens is 3. The molecular formula is C14H18F3N3O2. The molecule has 122 valence electrons. The van der Waals surface area contributed by atoms with Gasteiger partial charge in [0.2, 0.25) is 0 Å². The van der Waals surface area contributed by atoms with Gasteiger partial charge in [0, 0.05) is 38.9 Å². The van der Waals surface area contributed by atoms with Crippen LogP contribution in [0.15, 0.2) is 18.3 Å². The molecule has 22 heavy (non-hydrogen) atoms. The van der Waals surface area contributed by atoms with Crippen molar-refractivity contribution in [2.24, 2.45) is 0 Å². The molecule has 0 saturated carbocycles. The number of rotatable bonds is 3. The minimum atomic E-state index is -4.34. The summed E-state index contributed by atoms with van der Waals surface area (Å²) in [5.74, 6) is 0.584. The van der Waals surface area contributed by atoms with Crippen molar-refractivity contribution >= 4 is 5.82 Å². The van der Waals surface area contributed by atoms with Crippen LogP contribution in [-0.2, 0) is 15.7 Å². The van der Waals surface area contributed by atoms with Crippen LogP contribution in [0.4, 0.5) is 19.0 Å². The molecule has 1 aromatic heterocycles. The third-order valence-electron chi connectivity index (χ3n) is 3.87. The van der Waals surface area contributed by atoms with Crippen molar-refractivity contribution in [2.45, 2.75) is 12.5 Å². The van der Waals surface area contributed by atoms with Crippen LogP contribution in [0, 0.1) is 0 Å². The molecule has 0 aliphatic carbocycles. The third-order valence-corrected chi connectivity index (χ3v) is 3.87. The first-order valence-corrected chi connectivity index (χ1v) is 7.26. The molecule has 0 radical (unpaired) electrons. The second-order valence-electron chi connectivity index (χ2n) is 5.36. The van der Waals surface area contributed by atoms with Gasteiger partial charge in [0.1, 0.15) is 5.82 Å². The summed E-state index contributed by atoms with van der Waals surface area (Å²) < 4.78 is 48.4. The van der Waals surface area contributed by atoms with Gasteiger partial charge in [0.15, 0.2) is 6.29 Å². The highest BCUT2D eigenvalue weighted by Crippen LogP contribution is 2.29. The number of ether oxygens (including phenoxy) is 2. The summed E-state index contributed by atoms with van der Waals surface area (Å²) in [5, 5.41) is 0. The molecular weight excluding hydrogens is 299 g/mol. The Bertz CT molecular complexity index is 481. The van der Waals surface area contributed by atoms with Gasteiger partial charge in [-0.25, -0.2) is 4.98 Å². The van der Waals surface area contributed by atoms with Crippen LogP contribution < -0.4 is 4.90 Å². The van der Waals surface area contributed by atoms with E-state index in [1.54, 1.807) is 0 Å². The number of alkyl halides is 3. The molecule has 0 unspecified atom stereocenters. The molecule has 0 aromatic carbocycles. The number of pyridine rings is 1. The highest BCUT2D eigenvalue weighted by Gasteiger charge is 2.31. The number of aromatic nitrogens is 1. The monoisotopic (exact) mass is 317 g/mol. The lowest BCUT2D eigenvalue weighted by atomic mass is 10.2. The highest BCUT2D eigenvalue weighted by atomic mass is 19.4. The average Bonchev–Trinajstić information content (AvgIpc) is 3.00. The molecule has 0 N–H and O–H groups in total. The van der Waals surface area contributed by atoms with Crippen LogP contribution in [0.1, 0.15) is 5.56 Å². The molecule has 0 bridgehead atoms. The Labute approximate surface area is 126 Å². The van der Waals surface area contributed by atoms with E-state index in [0.717, 1.165) is 45.0 Å². The first kappa shape index (κ1) is 15.5. The van der Waals surface area contributed by atoms with Gasteiger partial charge in [-0.2, -0.15) is 13.2 Å². The van der Waals surface area contributed by atoms with Crippen molar-refractivity contribution in [3.05, 3.63) is 23.9 Å². The van der Waals surface area contributed by atoms with Gasteiger partial charge < -0.3 is 14.4 Å². The Morgan fingerprint density at radius 2 is 1.77 bits per heavy atom. The minimum Gasteiger partial charge on any atom is -0.354 e. The molecule has 0 atom stereocenters. The second kappa shape index (κ2) is 6.39. The van der Waals surface area contributed by atoms with Crippen LogP contribution in [0.3, 0.4) is 0 Å². The number of piperazine rings is 1. The van der Waals surface area contributed by atoms with Gasteiger partial charge >= 0.3 is 6.18 Å². The van der Waals surface area contributed by atoms with Gasteiger partial charge in [-0.05, 0) is 12.1 Å². The number of anilines is 1. The Balaban J connectivity index is 1.52. The Morgan fingerprint density at radius 1 is 1.09 bits per heavy atom. The molecule has 1 aromatic rings. The molecule has 2 aliphatic heterocycles. The predicted octanol–water partition coefficient (Wildman–Crippen LogP) is 1.60. The summed E-state index contributed by atoms with van der Waals surface area (Å²) in [4.78, 5) is 8.16. The van der Waals surface area contributed by atoms with Gasteiger partial charge in [-0.3, -0.25) is 4.90 Å². The first-order chi connectivity index (χ1) is 10.5. The van der Waals surface area contributed by atoms with Crippen molar-refractivity contribution in [3.8, 4) is 0 Å². The Hall–Kier alpha value is -1.38. The molecule has 0 amide bonds. The van der Waals surface area contributed by atoms with Crippen LogP contribution in [0.25, 0.3) is 0 Å². The fourth-order valence-electron chi connectivity index (χ4n) is 2.62.